The molecule has 0 aromatic rings. The molecule has 1 aliphatic rings. The van der Waals surface area contributed by atoms with Gasteiger partial charge < -0.3 is 9.69 Å². The fourth-order valence-electron chi connectivity index (χ4n) is 3.10. The van der Waals surface area contributed by atoms with E-state index in [9.17, 15) is 4.79 Å². The maximum Gasteiger partial charge on any atom is 0.127 e. The van der Waals surface area contributed by atoms with Crippen molar-refractivity contribution in [2.24, 2.45) is 5.41 Å². The van der Waals surface area contributed by atoms with E-state index in [4.69, 9.17) is 0 Å². The van der Waals surface area contributed by atoms with E-state index in [1.807, 2.05) is 0 Å². The summed E-state index contributed by atoms with van der Waals surface area (Å²) in [6, 6.07) is 0.605. The second kappa shape index (κ2) is 7.25. The molecular weight excluding hydrogens is 224 g/mol. The van der Waals surface area contributed by atoms with E-state index in [1.165, 1.54) is 25.7 Å². The molecular formula is C15H30N2O. The predicted molar refractivity (Wildman–Crippen MR) is 76.8 cm³/mol. The van der Waals surface area contributed by atoms with Crippen molar-refractivity contribution in [3.05, 3.63) is 0 Å². The van der Waals surface area contributed by atoms with E-state index in [0.29, 0.717) is 6.04 Å². The van der Waals surface area contributed by atoms with Gasteiger partial charge in [0, 0.05) is 24.5 Å². The fourth-order valence-corrected chi connectivity index (χ4v) is 3.10. The van der Waals surface area contributed by atoms with E-state index in [0.717, 1.165) is 32.5 Å². The predicted octanol–water partition coefficient (Wildman–Crippen LogP) is 2.41. The fraction of sp³-hybridized carbons (Fsp3) is 0.933. The van der Waals surface area contributed by atoms with Crippen LogP contribution in [0.4, 0.5) is 0 Å². The molecule has 0 aromatic carbocycles. The molecule has 0 radical (unpaired) electrons. The highest BCUT2D eigenvalue weighted by Crippen LogP contribution is 2.24. The second-order valence-electron chi connectivity index (χ2n) is 6.17. The lowest BCUT2D eigenvalue weighted by atomic mass is 9.86. The van der Waals surface area contributed by atoms with Crippen LogP contribution in [0.15, 0.2) is 0 Å². The number of nitrogens with zero attached hydrogens (tertiary/aromatic N) is 2. The average Bonchev–Trinajstić information content (AvgIpc) is 2.51. The van der Waals surface area contributed by atoms with Gasteiger partial charge in [-0.1, -0.05) is 27.2 Å². The molecule has 0 aromatic heterocycles. The maximum atomic E-state index is 11.4. The van der Waals surface area contributed by atoms with Crippen molar-refractivity contribution in [1.82, 2.24) is 9.80 Å². The van der Waals surface area contributed by atoms with Crippen LogP contribution >= 0.6 is 0 Å². The van der Waals surface area contributed by atoms with Crippen molar-refractivity contribution in [3.63, 3.8) is 0 Å². The molecule has 0 amide bonds. The summed E-state index contributed by atoms with van der Waals surface area (Å²) in [6.07, 6.45) is 5.65. The van der Waals surface area contributed by atoms with Crippen LogP contribution in [-0.4, -0.2) is 55.4 Å². The third-order valence-electron chi connectivity index (χ3n) is 4.17. The van der Waals surface area contributed by atoms with Gasteiger partial charge in [-0.15, -0.1) is 0 Å². The minimum absolute atomic E-state index is 0.162. The zero-order valence-corrected chi connectivity index (χ0v) is 12.6. The largest absolute Gasteiger partial charge is 0.305 e. The van der Waals surface area contributed by atoms with Gasteiger partial charge in [-0.05, 0) is 39.4 Å². The summed E-state index contributed by atoms with van der Waals surface area (Å²) in [6.45, 7) is 10.9. The first-order valence-electron chi connectivity index (χ1n) is 7.43. The minimum atomic E-state index is -0.162. The quantitative estimate of drug-likeness (QED) is 0.680. The summed E-state index contributed by atoms with van der Waals surface area (Å²) in [4.78, 5) is 16.4. The summed E-state index contributed by atoms with van der Waals surface area (Å²) >= 11 is 0. The normalized spacial score (nSPS) is 26.6. The molecule has 3 nitrogen and oxygen atoms in total. The Morgan fingerprint density at radius 1 is 1.33 bits per heavy atom. The lowest BCUT2D eigenvalue weighted by Gasteiger charge is -2.36. The standard InChI is InChI=1S/C15H30N2O/c1-5-8-15(3,13-18)12-17-10-7-9-16(4)11-14(17)6-2/h13-14H,5-12H2,1-4H3. The van der Waals surface area contributed by atoms with Gasteiger partial charge in [-0.25, -0.2) is 0 Å². The molecule has 2 atom stereocenters. The van der Waals surface area contributed by atoms with Crippen molar-refractivity contribution < 1.29 is 4.79 Å². The Labute approximate surface area is 113 Å². The van der Waals surface area contributed by atoms with Gasteiger partial charge >= 0.3 is 0 Å². The van der Waals surface area contributed by atoms with Gasteiger partial charge in [0.2, 0.25) is 0 Å². The number of rotatable bonds is 6. The number of hydrogen-bond acceptors (Lipinski definition) is 3. The topological polar surface area (TPSA) is 23.6 Å². The third-order valence-corrected chi connectivity index (χ3v) is 4.17. The maximum absolute atomic E-state index is 11.4. The lowest BCUT2D eigenvalue weighted by molar-refractivity contribution is -0.117. The Hall–Kier alpha value is -0.410. The van der Waals surface area contributed by atoms with Crippen LogP contribution in [0.5, 0.6) is 0 Å². The molecule has 1 rings (SSSR count). The van der Waals surface area contributed by atoms with Crippen molar-refractivity contribution in [2.45, 2.75) is 52.5 Å². The van der Waals surface area contributed by atoms with Crippen LogP contribution in [0.3, 0.4) is 0 Å². The first-order chi connectivity index (χ1) is 8.54. The molecule has 0 spiro atoms. The summed E-state index contributed by atoms with van der Waals surface area (Å²) in [5.74, 6) is 0. The van der Waals surface area contributed by atoms with E-state index in [2.05, 4.69) is 37.6 Å². The van der Waals surface area contributed by atoms with Gasteiger partial charge in [-0.3, -0.25) is 4.90 Å². The monoisotopic (exact) mass is 254 g/mol. The molecule has 2 unspecified atom stereocenters. The van der Waals surface area contributed by atoms with E-state index in [-0.39, 0.29) is 5.41 Å². The third kappa shape index (κ3) is 4.36. The SMILES string of the molecule is CCCC(C)(C=O)CN1CCCN(C)CC1CC. The summed E-state index contributed by atoms with van der Waals surface area (Å²) < 4.78 is 0. The van der Waals surface area contributed by atoms with Crippen LogP contribution in [-0.2, 0) is 4.79 Å². The van der Waals surface area contributed by atoms with Crippen molar-refractivity contribution >= 4 is 6.29 Å². The second-order valence-corrected chi connectivity index (χ2v) is 6.17. The highest BCUT2D eigenvalue weighted by atomic mass is 16.1. The molecule has 0 saturated carbocycles. The molecule has 1 aliphatic heterocycles. The molecule has 18 heavy (non-hydrogen) atoms. The summed E-state index contributed by atoms with van der Waals surface area (Å²) in [5, 5.41) is 0. The molecule has 1 fully saturated rings. The van der Waals surface area contributed by atoms with E-state index >= 15 is 0 Å². The van der Waals surface area contributed by atoms with Gasteiger partial charge in [0.25, 0.3) is 0 Å². The number of carbonyl (C=O) groups excluding carboxylic acids is 1. The van der Waals surface area contributed by atoms with E-state index in [1.54, 1.807) is 0 Å². The lowest BCUT2D eigenvalue weighted by Crippen LogP contribution is -2.45. The zero-order chi connectivity index (χ0) is 13.6. The van der Waals surface area contributed by atoms with Crippen molar-refractivity contribution in [2.75, 3.05) is 33.2 Å². The Kier molecular flexibility index (Phi) is 6.30. The smallest absolute Gasteiger partial charge is 0.127 e. The van der Waals surface area contributed by atoms with Crippen LogP contribution in [0.1, 0.15) is 46.5 Å². The highest BCUT2D eigenvalue weighted by molar-refractivity contribution is 5.59. The summed E-state index contributed by atoms with van der Waals surface area (Å²) in [5.41, 5.74) is -0.162. The van der Waals surface area contributed by atoms with Gasteiger partial charge in [0.15, 0.2) is 0 Å². The average molecular weight is 254 g/mol. The Bertz CT molecular complexity index is 257. The van der Waals surface area contributed by atoms with Crippen LogP contribution in [0.2, 0.25) is 0 Å². The highest BCUT2D eigenvalue weighted by Gasteiger charge is 2.30. The Morgan fingerprint density at radius 3 is 2.61 bits per heavy atom. The minimum Gasteiger partial charge on any atom is -0.305 e. The number of aldehydes is 1. The Morgan fingerprint density at radius 2 is 2.06 bits per heavy atom. The Balaban J connectivity index is 2.69. The molecule has 0 N–H and O–H groups in total. The molecule has 3 heteroatoms. The molecule has 0 bridgehead atoms. The number of carbonyl (C=O) groups is 1. The summed E-state index contributed by atoms with van der Waals surface area (Å²) in [7, 11) is 2.21. The van der Waals surface area contributed by atoms with Gasteiger partial charge in [0.1, 0.15) is 6.29 Å². The van der Waals surface area contributed by atoms with Gasteiger partial charge in [-0.2, -0.15) is 0 Å². The number of likely N-dealkylation sites (N-methyl/N-ethyl adjacent to an activating group) is 1. The molecule has 1 saturated heterocycles. The molecule has 0 aliphatic carbocycles. The molecule has 1 heterocycles. The van der Waals surface area contributed by atoms with Crippen molar-refractivity contribution in [3.8, 4) is 0 Å². The molecule has 106 valence electrons. The number of hydrogen-bond donors (Lipinski definition) is 0. The van der Waals surface area contributed by atoms with Crippen LogP contribution in [0, 0.1) is 5.41 Å². The van der Waals surface area contributed by atoms with Crippen LogP contribution < -0.4 is 0 Å². The van der Waals surface area contributed by atoms with Crippen molar-refractivity contribution in [1.29, 1.82) is 0 Å². The van der Waals surface area contributed by atoms with Gasteiger partial charge in [0.05, 0.1) is 0 Å². The first kappa shape index (κ1) is 15.6. The zero-order valence-electron chi connectivity index (χ0n) is 12.6. The van der Waals surface area contributed by atoms with E-state index < -0.39 is 0 Å². The van der Waals surface area contributed by atoms with Crippen LogP contribution in [0.25, 0.3) is 0 Å². The first-order valence-corrected chi connectivity index (χ1v) is 7.43.